The highest BCUT2D eigenvalue weighted by Crippen LogP contribution is 2.21. The topological polar surface area (TPSA) is 46.5 Å². The third kappa shape index (κ3) is 16.1. The lowest BCUT2D eigenvalue weighted by Gasteiger charge is -2.21. The molecule has 0 saturated heterocycles. The molecule has 1 fully saturated rings. The van der Waals surface area contributed by atoms with Crippen molar-refractivity contribution < 1.29 is 14.6 Å². The first kappa shape index (κ1) is 24.5. The first-order valence-corrected chi connectivity index (χ1v) is 12.1. The molecule has 0 bridgehead atoms. The molecule has 0 aromatic rings. The molecule has 1 aliphatic carbocycles. The Labute approximate surface area is 168 Å². The van der Waals surface area contributed by atoms with Crippen LogP contribution in [-0.4, -0.2) is 23.8 Å². The Hall–Kier alpha value is -0.570. The van der Waals surface area contributed by atoms with Gasteiger partial charge in [-0.2, -0.15) is 0 Å². The monoisotopic (exact) mass is 382 g/mol. The van der Waals surface area contributed by atoms with Gasteiger partial charge in [0.05, 0.1) is 0 Å². The van der Waals surface area contributed by atoms with E-state index in [1.54, 1.807) is 0 Å². The van der Waals surface area contributed by atoms with Crippen LogP contribution < -0.4 is 0 Å². The number of carbonyl (C=O) groups is 1. The maximum absolute atomic E-state index is 11.8. The zero-order chi connectivity index (χ0) is 19.4. The van der Waals surface area contributed by atoms with Crippen molar-refractivity contribution in [3.8, 4) is 0 Å². The quantitative estimate of drug-likeness (QED) is 0.203. The van der Waals surface area contributed by atoms with Gasteiger partial charge < -0.3 is 9.84 Å². The van der Waals surface area contributed by atoms with Crippen molar-refractivity contribution in [1.82, 2.24) is 0 Å². The van der Waals surface area contributed by atoms with E-state index in [2.05, 4.69) is 0 Å². The SMILES string of the molecule is O=C(CCCCCCCCCCCCCCCCCO)OC1CCCCC1. The van der Waals surface area contributed by atoms with E-state index in [9.17, 15) is 4.79 Å². The molecule has 0 unspecified atom stereocenters. The van der Waals surface area contributed by atoms with Gasteiger partial charge in [-0.15, -0.1) is 0 Å². The van der Waals surface area contributed by atoms with Crippen molar-refractivity contribution in [3.63, 3.8) is 0 Å². The largest absolute Gasteiger partial charge is 0.462 e. The molecule has 1 aliphatic rings. The molecule has 3 heteroatoms. The summed E-state index contributed by atoms with van der Waals surface area (Å²) in [6, 6.07) is 0. The Bertz CT molecular complexity index is 324. The van der Waals surface area contributed by atoms with Gasteiger partial charge >= 0.3 is 5.97 Å². The number of ether oxygens (including phenoxy) is 1. The van der Waals surface area contributed by atoms with Gasteiger partial charge in [0.15, 0.2) is 0 Å². The molecule has 0 amide bonds. The van der Waals surface area contributed by atoms with Gasteiger partial charge in [0, 0.05) is 13.0 Å². The zero-order valence-corrected chi connectivity index (χ0v) is 17.9. The van der Waals surface area contributed by atoms with Crippen LogP contribution in [0.4, 0.5) is 0 Å². The second-order valence-corrected chi connectivity index (χ2v) is 8.53. The number of hydrogen-bond acceptors (Lipinski definition) is 3. The maximum atomic E-state index is 11.8. The standard InChI is InChI=1S/C24H46O3/c25-22-18-13-11-9-7-5-3-1-2-4-6-8-10-12-17-21-24(26)27-23-19-15-14-16-20-23/h23,25H,1-22H2. The summed E-state index contributed by atoms with van der Waals surface area (Å²) in [6.07, 6.45) is 26.0. The van der Waals surface area contributed by atoms with E-state index in [4.69, 9.17) is 9.84 Å². The molecule has 0 heterocycles. The highest BCUT2D eigenvalue weighted by Gasteiger charge is 2.17. The van der Waals surface area contributed by atoms with Crippen LogP contribution in [0.2, 0.25) is 0 Å². The molecule has 0 radical (unpaired) electrons. The summed E-state index contributed by atoms with van der Waals surface area (Å²) in [6.45, 7) is 0.354. The Kier molecular flexibility index (Phi) is 17.0. The molecule has 1 N–H and O–H groups in total. The number of aliphatic hydroxyl groups is 1. The minimum absolute atomic E-state index is 0.0373. The normalized spacial score (nSPS) is 15.1. The molecule has 0 aliphatic heterocycles. The molecule has 1 saturated carbocycles. The van der Waals surface area contributed by atoms with Crippen molar-refractivity contribution in [3.05, 3.63) is 0 Å². The lowest BCUT2D eigenvalue weighted by Crippen LogP contribution is -2.20. The molecule has 0 spiro atoms. The van der Waals surface area contributed by atoms with E-state index in [1.807, 2.05) is 0 Å². The fourth-order valence-electron chi connectivity index (χ4n) is 4.11. The number of aliphatic hydroxyl groups excluding tert-OH is 1. The third-order valence-corrected chi connectivity index (χ3v) is 5.89. The molecule has 27 heavy (non-hydrogen) atoms. The van der Waals surface area contributed by atoms with Crippen molar-refractivity contribution in [1.29, 1.82) is 0 Å². The lowest BCUT2D eigenvalue weighted by atomic mass is 9.98. The molecular weight excluding hydrogens is 336 g/mol. The van der Waals surface area contributed by atoms with Gasteiger partial charge in [0.25, 0.3) is 0 Å². The van der Waals surface area contributed by atoms with E-state index in [-0.39, 0.29) is 12.1 Å². The van der Waals surface area contributed by atoms with Crippen LogP contribution in [0.15, 0.2) is 0 Å². The number of hydrogen-bond donors (Lipinski definition) is 1. The smallest absolute Gasteiger partial charge is 0.306 e. The lowest BCUT2D eigenvalue weighted by molar-refractivity contribution is -0.150. The summed E-state index contributed by atoms with van der Waals surface area (Å²) in [7, 11) is 0. The summed E-state index contributed by atoms with van der Waals surface area (Å²) in [5.41, 5.74) is 0. The molecule has 1 rings (SSSR count). The summed E-state index contributed by atoms with van der Waals surface area (Å²) in [5, 5.41) is 8.73. The van der Waals surface area contributed by atoms with E-state index >= 15 is 0 Å². The Morgan fingerprint density at radius 3 is 1.48 bits per heavy atom. The molecule has 3 nitrogen and oxygen atoms in total. The first-order valence-electron chi connectivity index (χ1n) is 12.1. The highest BCUT2D eigenvalue weighted by molar-refractivity contribution is 5.69. The molecule has 0 atom stereocenters. The minimum Gasteiger partial charge on any atom is -0.462 e. The molecule has 160 valence electrons. The fraction of sp³-hybridized carbons (Fsp3) is 0.958. The van der Waals surface area contributed by atoms with Gasteiger partial charge in [-0.05, 0) is 38.5 Å². The fourth-order valence-corrected chi connectivity index (χ4v) is 4.11. The van der Waals surface area contributed by atoms with E-state index in [0.717, 1.165) is 25.7 Å². The van der Waals surface area contributed by atoms with Crippen LogP contribution in [0.5, 0.6) is 0 Å². The van der Waals surface area contributed by atoms with Gasteiger partial charge in [0.2, 0.25) is 0 Å². The van der Waals surface area contributed by atoms with E-state index in [0.29, 0.717) is 13.0 Å². The van der Waals surface area contributed by atoms with E-state index < -0.39 is 0 Å². The zero-order valence-electron chi connectivity index (χ0n) is 17.9. The van der Waals surface area contributed by atoms with Crippen molar-refractivity contribution in [2.75, 3.05) is 6.61 Å². The van der Waals surface area contributed by atoms with Gasteiger partial charge in [-0.3, -0.25) is 4.79 Å². The van der Waals surface area contributed by atoms with Gasteiger partial charge in [0.1, 0.15) is 6.10 Å². The van der Waals surface area contributed by atoms with Gasteiger partial charge in [-0.1, -0.05) is 89.9 Å². The van der Waals surface area contributed by atoms with Crippen LogP contribution in [0.1, 0.15) is 135 Å². The number of carbonyl (C=O) groups excluding carboxylic acids is 1. The molecular formula is C24H46O3. The van der Waals surface area contributed by atoms with Crippen molar-refractivity contribution in [2.45, 2.75) is 141 Å². The Balaban J connectivity index is 1.72. The summed E-state index contributed by atoms with van der Waals surface area (Å²) in [4.78, 5) is 11.8. The number of unbranched alkanes of at least 4 members (excludes halogenated alkanes) is 14. The van der Waals surface area contributed by atoms with Crippen molar-refractivity contribution >= 4 is 5.97 Å². The van der Waals surface area contributed by atoms with Crippen LogP contribution >= 0.6 is 0 Å². The van der Waals surface area contributed by atoms with Crippen LogP contribution in [0.25, 0.3) is 0 Å². The van der Waals surface area contributed by atoms with Gasteiger partial charge in [-0.25, -0.2) is 0 Å². The summed E-state index contributed by atoms with van der Waals surface area (Å²) < 4.78 is 5.57. The number of esters is 1. The average Bonchev–Trinajstić information content (AvgIpc) is 2.68. The Morgan fingerprint density at radius 2 is 1.04 bits per heavy atom. The minimum atomic E-state index is 0.0373. The van der Waals surface area contributed by atoms with Crippen LogP contribution in [0.3, 0.4) is 0 Å². The predicted octanol–water partition coefficient (Wildman–Crippen LogP) is 7.10. The van der Waals surface area contributed by atoms with E-state index in [1.165, 1.54) is 103 Å². The molecule has 0 aromatic carbocycles. The Morgan fingerprint density at radius 1 is 0.630 bits per heavy atom. The third-order valence-electron chi connectivity index (χ3n) is 5.89. The summed E-state index contributed by atoms with van der Waals surface area (Å²) >= 11 is 0. The first-order chi connectivity index (χ1) is 13.3. The predicted molar refractivity (Wildman–Crippen MR) is 114 cm³/mol. The summed E-state index contributed by atoms with van der Waals surface area (Å²) in [5.74, 6) is 0.0373. The molecule has 0 aromatic heterocycles. The van der Waals surface area contributed by atoms with Crippen LogP contribution in [0, 0.1) is 0 Å². The van der Waals surface area contributed by atoms with Crippen molar-refractivity contribution in [2.24, 2.45) is 0 Å². The second-order valence-electron chi connectivity index (χ2n) is 8.53. The maximum Gasteiger partial charge on any atom is 0.306 e. The highest BCUT2D eigenvalue weighted by atomic mass is 16.5. The number of rotatable bonds is 18. The average molecular weight is 383 g/mol. The van der Waals surface area contributed by atoms with Crippen LogP contribution in [-0.2, 0) is 9.53 Å². The second kappa shape index (κ2) is 18.8.